The first-order valence-electron chi connectivity index (χ1n) is 12.3. The quantitative estimate of drug-likeness (QED) is 0.142. The minimum absolute atomic E-state index is 0.219. The van der Waals surface area contributed by atoms with Crippen LogP contribution >= 0.6 is 0 Å². The lowest BCUT2D eigenvalue weighted by atomic mass is 10.0. The Kier molecular flexibility index (Phi) is 10.4. The molecule has 3 rings (SSSR count). The molecular formula is C29H29N3O8. The fraction of sp³-hybridized carbons (Fsp3) is 0.207. The third-order valence-corrected chi connectivity index (χ3v) is 5.47. The van der Waals surface area contributed by atoms with Gasteiger partial charge < -0.3 is 24.3 Å². The Morgan fingerprint density at radius 2 is 1.35 bits per heavy atom. The van der Waals surface area contributed by atoms with Crippen molar-refractivity contribution in [2.45, 2.75) is 19.9 Å². The van der Waals surface area contributed by atoms with Crippen LogP contribution in [0.4, 0.5) is 4.79 Å². The third kappa shape index (κ3) is 8.42. The maximum absolute atomic E-state index is 12.8. The number of rotatable bonds is 11. The van der Waals surface area contributed by atoms with Crippen molar-refractivity contribution < 1.29 is 38.1 Å². The first-order valence-corrected chi connectivity index (χ1v) is 12.3. The van der Waals surface area contributed by atoms with Crippen LogP contribution in [0.25, 0.3) is 0 Å². The van der Waals surface area contributed by atoms with Crippen LogP contribution in [0.3, 0.4) is 0 Å². The molecule has 0 aromatic heterocycles. The van der Waals surface area contributed by atoms with Gasteiger partial charge in [0.25, 0.3) is 5.91 Å². The Balaban J connectivity index is 1.50. The van der Waals surface area contributed by atoms with Gasteiger partial charge in [-0.3, -0.25) is 20.3 Å². The van der Waals surface area contributed by atoms with Crippen LogP contribution in [0.2, 0.25) is 0 Å². The zero-order valence-corrected chi connectivity index (χ0v) is 22.2. The van der Waals surface area contributed by atoms with Crippen LogP contribution in [-0.2, 0) is 9.53 Å². The van der Waals surface area contributed by atoms with Gasteiger partial charge >= 0.3 is 12.1 Å². The molecule has 3 aromatic rings. The van der Waals surface area contributed by atoms with Crippen molar-refractivity contribution in [2.24, 2.45) is 0 Å². The molecule has 0 fully saturated rings. The molecule has 0 aliphatic heterocycles. The predicted octanol–water partition coefficient (Wildman–Crippen LogP) is 3.75. The summed E-state index contributed by atoms with van der Waals surface area (Å²) >= 11 is 0. The van der Waals surface area contributed by atoms with E-state index in [1.165, 1.54) is 31.4 Å². The molecule has 11 nitrogen and oxygen atoms in total. The lowest BCUT2D eigenvalue weighted by Gasteiger charge is -2.14. The molecule has 3 aromatic carbocycles. The average Bonchev–Trinajstić information content (AvgIpc) is 2.96. The monoisotopic (exact) mass is 547 g/mol. The second-order valence-electron chi connectivity index (χ2n) is 8.32. The molecule has 40 heavy (non-hydrogen) atoms. The first-order chi connectivity index (χ1) is 19.2. The minimum Gasteiger partial charge on any atom is -0.497 e. The van der Waals surface area contributed by atoms with Crippen molar-refractivity contribution in [3.63, 3.8) is 0 Å². The molecule has 0 saturated carbocycles. The molecule has 0 saturated heterocycles. The van der Waals surface area contributed by atoms with Crippen molar-refractivity contribution in [1.82, 2.24) is 10.6 Å². The van der Waals surface area contributed by atoms with Crippen LogP contribution < -0.4 is 24.8 Å². The molecule has 208 valence electrons. The lowest BCUT2D eigenvalue weighted by Crippen LogP contribution is -2.38. The number of carbonyl (C=O) groups is 4. The second kappa shape index (κ2) is 14.1. The van der Waals surface area contributed by atoms with E-state index >= 15 is 0 Å². The van der Waals surface area contributed by atoms with Gasteiger partial charge in [-0.2, -0.15) is 0 Å². The molecule has 11 heteroatoms. The molecule has 0 heterocycles. The number of ketones is 1. The van der Waals surface area contributed by atoms with E-state index in [2.05, 4.69) is 10.6 Å². The number of methoxy groups -OCH3 is 1. The van der Waals surface area contributed by atoms with Crippen molar-refractivity contribution in [1.29, 1.82) is 5.41 Å². The summed E-state index contributed by atoms with van der Waals surface area (Å²) in [6.45, 7) is 3.28. The number of amides is 2. The summed E-state index contributed by atoms with van der Waals surface area (Å²) in [5, 5.41) is 13.1. The van der Waals surface area contributed by atoms with Gasteiger partial charge in [-0.25, -0.2) is 9.59 Å². The van der Waals surface area contributed by atoms with Crippen LogP contribution in [0, 0.1) is 5.41 Å². The fourth-order valence-electron chi connectivity index (χ4n) is 3.39. The minimum atomic E-state index is -0.845. The highest BCUT2D eigenvalue weighted by molar-refractivity contribution is 6.06. The molecule has 0 spiro atoms. The third-order valence-electron chi connectivity index (χ3n) is 5.47. The Morgan fingerprint density at radius 3 is 1.95 bits per heavy atom. The van der Waals surface area contributed by atoms with Crippen molar-refractivity contribution in [2.75, 3.05) is 20.3 Å². The van der Waals surface area contributed by atoms with E-state index < -0.39 is 24.0 Å². The van der Waals surface area contributed by atoms with Crippen molar-refractivity contribution in [3.05, 3.63) is 89.5 Å². The van der Waals surface area contributed by atoms with Crippen LogP contribution in [0.15, 0.2) is 72.8 Å². The molecule has 1 atom stereocenters. The molecule has 0 unspecified atom stereocenters. The smallest absolute Gasteiger partial charge is 0.418 e. The molecule has 3 N–H and O–H groups in total. The Bertz CT molecular complexity index is 1350. The van der Waals surface area contributed by atoms with E-state index in [-0.39, 0.29) is 36.1 Å². The summed E-state index contributed by atoms with van der Waals surface area (Å²) in [4.78, 5) is 48.9. The van der Waals surface area contributed by atoms with Crippen LogP contribution in [-0.4, -0.2) is 56.0 Å². The largest absolute Gasteiger partial charge is 0.497 e. The SMILES string of the molecule is CCOC(=O)COc1ccc(C(=O)[C@H](C)NC(=O)c2ccc(C(=N)NC(=O)Oc3ccc(OC)cc3)cc2)cc1. The lowest BCUT2D eigenvalue weighted by molar-refractivity contribution is -0.145. The molecule has 0 radical (unpaired) electrons. The summed E-state index contributed by atoms with van der Waals surface area (Å²) in [5.41, 5.74) is 0.963. The number of benzene rings is 3. The summed E-state index contributed by atoms with van der Waals surface area (Å²) in [6, 6.07) is 17.7. The summed E-state index contributed by atoms with van der Waals surface area (Å²) in [6.07, 6.45) is -0.845. The van der Waals surface area contributed by atoms with Crippen molar-refractivity contribution >= 4 is 29.6 Å². The summed E-state index contributed by atoms with van der Waals surface area (Å²) in [5.74, 6) is -0.230. The molecular weight excluding hydrogens is 518 g/mol. The van der Waals surface area contributed by atoms with Gasteiger partial charge in [0.15, 0.2) is 12.4 Å². The molecule has 0 aliphatic carbocycles. The number of Topliss-reactive ketones (excluding diaryl/α,β-unsaturated/α-hetero) is 1. The number of hydrogen-bond acceptors (Lipinski definition) is 9. The fourth-order valence-corrected chi connectivity index (χ4v) is 3.39. The number of ether oxygens (including phenoxy) is 4. The second-order valence-corrected chi connectivity index (χ2v) is 8.32. The number of hydrogen-bond donors (Lipinski definition) is 3. The van der Waals surface area contributed by atoms with Gasteiger partial charge in [0.05, 0.1) is 19.8 Å². The summed E-state index contributed by atoms with van der Waals surface area (Å²) < 4.78 is 20.3. The standard InChI is InChI=1S/C29H29N3O8/c1-4-38-25(33)17-39-23-11-9-19(10-12-23)26(34)18(2)31-28(35)21-7-5-20(6-8-21)27(30)32-29(36)40-24-15-13-22(37-3)14-16-24/h5-16,18H,4,17H2,1-3H3,(H,31,35)(H2,30,32,36)/t18-/m0/s1. The van der Waals surface area contributed by atoms with E-state index in [1.54, 1.807) is 62.4 Å². The molecule has 0 bridgehead atoms. The maximum atomic E-state index is 12.8. The van der Waals surface area contributed by atoms with Gasteiger partial charge in [-0.1, -0.05) is 12.1 Å². The Morgan fingerprint density at radius 1 is 0.800 bits per heavy atom. The van der Waals surface area contributed by atoms with Crippen LogP contribution in [0.5, 0.6) is 17.2 Å². The normalized spacial score (nSPS) is 11.0. The number of carbonyl (C=O) groups excluding carboxylic acids is 4. The Labute approximate surface area is 230 Å². The number of nitrogens with one attached hydrogen (secondary N) is 3. The number of amidine groups is 1. The highest BCUT2D eigenvalue weighted by atomic mass is 16.6. The first kappa shape index (κ1) is 29.4. The zero-order valence-electron chi connectivity index (χ0n) is 22.2. The van der Waals surface area contributed by atoms with Gasteiger partial charge in [0, 0.05) is 16.7 Å². The van der Waals surface area contributed by atoms with Gasteiger partial charge in [-0.15, -0.1) is 0 Å². The number of esters is 1. The Hall–Kier alpha value is -5.19. The zero-order chi connectivity index (χ0) is 29.1. The van der Waals surface area contributed by atoms with E-state index in [0.29, 0.717) is 22.6 Å². The van der Waals surface area contributed by atoms with E-state index in [9.17, 15) is 19.2 Å². The van der Waals surface area contributed by atoms with Crippen molar-refractivity contribution in [3.8, 4) is 17.2 Å². The van der Waals surface area contributed by atoms with Crippen LogP contribution in [0.1, 0.15) is 40.1 Å². The van der Waals surface area contributed by atoms with E-state index in [1.807, 2.05) is 0 Å². The van der Waals surface area contributed by atoms with Gasteiger partial charge in [-0.05, 0) is 74.5 Å². The predicted molar refractivity (Wildman–Crippen MR) is 145 cm³/mol. The average molecular weight is 548 g/mol. The van der Waals surface area contributed by atoms with Gasteiger partial charge in [0.1, 0.15) is 23.1 Å². The molecule has 2 amide bonds. The highest BCUT2D eigenvalue weighted by Crippen LogP contribution is 2.17. The summed E-state index contributed by atoms with van der Waals surface area (Å²) in [7, 11) is 1.52. The molecule has 0 aliphatic rings. The highest BCUT2D eigenvalue weighted by Gasteiger charge is 2.19. The van der Waals surface area contributed by atoms with Gasteiger partial charge in [0.2, 0.25) is 0 Å². The maximum Gasteiger partial charge on any atom is 0.418 e. The van der Waals surface area contributed by atoms with E-state index in [0.717, 1.165) is 0 Å². The topological polar surface area (TPSA) is 153 Å². The van der Waals surface area contributed by atoms with E-state index in [4.69, 9.17) is 24.4 Å².